The molecule has 1 N–H and O–H groups in total. The van der Waals surface area contributed by atoms with Crippen molar-refractivity contribution in [1.82, 2.24) is 14.9 Å². The van der Waals surface area contributed by atoms with Crippen molar-refractivity contribution >= 4 is 17.5 Å². The first-order valence-corrected chi connectivity index (χ1v) is 8.52. The molecule has 2 heterocycles. The highest BCUT2D eigenvalue weighted by molar-refractivity contribution is 5.92. The molecule has 5 heteroatoms. The second-order valence-corrected chi connectivity index (χ2v) is 6.51. The van der Waals surface area contributed by atoms with E-state index in [1.807, 2.05) is 25.7 Å². The smallest absolute Gasteiger partial charge is 0.272 e. The zero-order chi connectivity index (χ0) is 17.1. The maximum absolute atomic E-state index is 12.7. The Hall–Kier alpha value is -2.43. The monoisotopic (exact) mass is 324 g/mol. The standard InChI is InChI=1S/C19H24N4O/c1-13-7-8-14(2)16(11-13)21-19-20-15(3)12-17(22-19)18(24)23-9-5-4-6-10-23/h7-8,11-12H,4-6,9-10H2,1-3H3,(H,20,21,22). The summed E-state index contributed by atoms with van der Waals surface area (Å²) >= 11 is 0. The predicted octanol–water partition coefficient (Wildman–Crippen LogP) is 3.77. The van der Waals surface area contributed by atoms with Gasteiger partial charge < -0.3 is 10.2 Å². The van der Waals surface area contributed by atoms with Gasteiger partial charge in [0, 0.05) is 24.5 Å². The average molecular weight is 324 g/mol. The Morgan fingerprint density at radius 3 is 2.54 bits per heavy atom. The highest BCUT2D eigenvalue weighted by Crippen LogP contribution is 2.21. The fourth-order valence-corrected chi connectivity index (χ4v) is 2.98. The number of aryl methyl sites for hydroxylation is 3. The summed E-state index contributed by atoms with van der Waals surface area (Å²) in [5.41, 5.74) is 4.52. The molecule has 1 amide bonds. The summed E-state index contributed by atoms with van der Waals surface area (Å²) in [6.07, 6.45) is 3.35. The van der Waals surface area contributed by atoms with Gasteiger partial charge in [-0.2, -0.15) is 0 Å². The molecule has 0 unspecified atom stereocenters. The van der Waals surface area contributed by atoms with E-state index in [1.54, 1.807) is 6.07 Å². The van der Waals surface area contributed by atoms with Gasteiger partial charge in [-0.05, 0) is 63.3 Å². The van der Waals surface area contributed by atoms with E-state index in [1.165, 1.54) is 12.0 Å². The second-order valence-electron chi connectivity index (χ2n) is 6.51. The van der Waals surface area contributed by atoms with E-state index in [0.29, 0.717) is 11.6 Å². The zero-order valence-corrected chi connectivity index (χ0v) is 14.6. The van der Waals surface area contributed by atoms with E-state index in [-0.39, 0.29) is 5.91 Å². The molecule has 0 saturated carbocycles. The zero-order valence-electron chi connectivity index (χ0n) is 14.6. The molecule has 5 nitrogen and oxygen atoms in total. The van der Waals surface area contributed by atoms with Crippen molar-refractivity contribution < 1.29 is 4.79 Å². The summed E-state index contributed by atoms with van der Waals surface area (Å²) < 4.78 is 0. The number of anilines is 2. The van der Waals surface area contributed by atoms with E-state index in [2.05, 4.69) is 33.5 Å². The lowest BCUT2D eigenvalue weighted by atomic mass is 10.1. The molecule has 3 rings (SSSR count). The number of piperidine rings is 1. The van der Waals surface area contributed by atoms with Gasteiger partial charge in [0.2, 0.25) is 5.95 Å². The van der Waals surface area contributed by atoms with Crippen LogP contribution in [0.4, 0.5) is 11.6 Å². The van der Waals surface area contributed by atoms with Crippen molar-refractivity contribution in [1.29, 1.82) is 0 Å². The predicted molar refractivity (Wildman–Crippen MR) is 95.7 cm³/mol. The van der Waals surface area contributed by atoms with Crippen LogP contribution in [-0.2, 0) is 0 Å². The van der Waals surface area contributed by atoms with E-state index in [4.69, 9.17) is 0 Å². The number of rotatable bonds is 3. The minimum Gasteiger partial charge on any atom is -0.337 e. The van der Waals surface area contributed by atoms with Gasteiger partial charge in [-0.3, -0.25) is 4.79 Å². The number of hydrogen-bond acceptors (Lipinski definition) is 4. The molecule has 0 radical (unpaired) electrons. The number of aromatic nitrogens is 2. The number of benzene rings is 1. The van der Waals surface area contributed by atoms with Gasteiger partial charge in [0.1, 0.15) is 5.69 Å². The molecule has 1 aromatic carbocycles. The minimum atomic E-state index is 0.00390. The van der Waals surface area contributed by atoms with Crippen molar-refractivity contribution in [3.05, 3.63) is 46.8 Å². The first-order valence-electron chi connectivity index (χ1n) is 8.52. The number of hydrogen-bond donors (Lipinski definition) is 1. The van der Waals surface area contributed by atoms with Crippen LogP contribution in [-0.4, -0.2) is 33.9 Å². The van der Waals surface area contributed by atoms with E-state index in [0.717, 1.165) is 42.9 Å². The Morgan fingerprint density at radius 2 is 1.79 bits per heavy atom. The molecule has 1 aliphatic rings. The van der Waals surface area contributed by atoms with Crippen molar-refractivity contribution in [3.8, 4) is 0 Å². The summed E-state index contributed by atoms with van der Waals surface area (Å²) in [6, 6.07) is 7.97. The SMILES string of the molecule is Cc1ccc(C)c(Nc2nc(C)cc(C(=O)N3CCCCC3)n2)c1. The number of amides is 1. The van der Waals surface area contributed by atoms with E-state index < -0.39 is 0 Å². The molecule has 0 aliphatic carbocycles. The molecule has 0 spiro atoms. The van der Waals surface area contributed by atoms with Gasteiger partial charge in [0.05, 0.1) is 0 Å². The van der Waals surface area contributed by atoms with Gasteiger partial charge in [0.25, 0.3) is 5.91 Å². The maximum Gasteiger partial charge on any atom is 0.272 e. The van der Waals surface area contributed by atoms with Crippen molar-refractivity contribution in [2.75, 3.05) is 18.4 Å². The second kappa shape index (κ2) is 6.99. The van der Waals surface area contributed by atoms with Crippen LogP contribution in [0.5, 0.6) is 0 Å². The van der Waals surface area contributed by atoms with Gasteiger partial charge in [-0.1, -0.05) is 12.1 Å². The Kier molecular flexibility index (Phi) is 4.79. The van der Waals surface area contributed by atoms with Crippen LogP contribution in [0.2, 0.25) is 0 Å². The Morgan fingerprint density at radius 1 is 1.04 bits per heavy atom. The van der Waals surface area contributed by atoms with Crippen LogP contribution in [0, 0.1) is 20.8 Å². The molecule has 24 heavy (non-hydrogen) atoms. The van der Waals surface area contributed by atoms with Gasteiger partial charge in [-0.15, -0.1) is 0 Å². The Bertz CT molecular complexity index is 751. The van der Waals surface area contributed by atoms with Crippen LogP contribution < -0.4 is 5.32 Å². The third-order valence-electron chi connectivity index (χ3n) is 4.36. The lowest BCUT2D eigenvalue weighted by Gasteiger charge is -2.26. The van der Waals surface area contributed by atoms with E-state index in [9.17, 15) is 4.79 Å². The highest BCUT2D eigenvalue weighted by Gasteiger charge is 2.20. The van der Waals surface area contributed by atoms with Crippen LogP contribution >= 0.6 is 0 Å². The molecule has 0 bridgehead atoms. The van der Waals surface area contributed by atoms with Gasteiger partial charge in [0.15, 0.2) is 0 Å². The van der Waals surface area contributed by atoms with Crippen LogP contribution in [0.3, 0.4) is 0 Å². The lowest BCUT2D eigenvalue weighted by molar-refractivity contribution is 0.0718. The normalized spacial score (nSPS) is 14.5. The fraction of sp³-hybridized carbons (Fsp3) is 0.421. The Balaban J connectivity index is 1.85. The first kappa shape index (κ1) is 16.4. The van der Waals surface area contributed by atoms with Gasteiger partial charge in [-0.25, -0.2) is 9.97 Å². The summed E-state index contributed by atoms with van der Waals surface area (Å²) in [4.78, 5) is 23.5. The summed E-state index contributed by atoms with van der Waals surface area (Å²) in [6.45, 7) is 7.62. The molecule has 1 fully saturated rings. The molecule has 126 valence electrons. The average Bonchev–Trinajstić information content (AvgIpc) is 2.58. The topological polar surface area (TPSA) is 58.1 Å². The summed E-state index contributed by atoms with van der Waals surface area (Å²) in [5.74, 6) is 0.480. The van der Waals surface area contributed by atoms with Crippen molar-refractivity contribution in [2.45, 2.75) is 40.0 Å². The third-order valence-corrected chi connectivity index (χ3v) is 4.36. The number of nitrogens with zero attached hydrogens (tertiary/aromatic N) is 3. The van der Waals surface area contributed by atoms with Gasteiger partial charge >= 0.3 is 0 Å². The van der Waals surface area contributed by atoms with Crippen LogP contribution in [0.1, 0.15) is 46.6 Å². The minimum absolute atomic E-state index is 0.00390. The summed E-state index contributed by atoms with van der Waals surface area (Å²) in [5, 5.41) is 3.26. The third kappa shape index (κ3) is 3.72. The quantitative estimate of drug-likeness (QED) is 0.933. The maximum atomic E-state index is 12.7. The fourth-order valence-electron chi connectivity index (χ4n) is 2.98. The number of likely N-dealkylation sites (tertiary alicyclic amines) is 1. The Labute approximate surface area is 143 Å². The van der Waals surface area contributed by atoms with Crippen LogP contribution in [0.25, 0.3) is 0 Å². The molecular formula is C19H24N4O. The molecule has 1 aliphatic heterocycles. The number of carbonyl (C=O) groups excluding carboxylic acids is 1. The molecular weight excluding hydrogens is 300 g/mol. The molecule has 0 atom stereocenters. The number of carbonyl (C=O) groups is 1. The highest BCUT2D eigenvalue weighted by atomic mass is 16.2. The lowest BCUT2D eigenvalue weighted by Crippen LogP contribution is -2.36. The number of nitrogens with one attached hydrogen (secondary N) is 1. The van der Waals surface area contributed by atoms with Crippen molar-refractivity contribution in [2.24, 2.45) is 0 Å². The van der Waals surface area contributed by atoms with Crippen LogP contribution in [0.15, 0.2) is 24.3 Å². The summed E-state index contributed by atoms with van der Waals surface area (Å²) in [7, 11) is 0. The first-order chi connectivity index (χ1) is 11.5. The largest absolute Gasteiger partial charge is 0.337 e. The van der Waals surface area contributed by atoms with Crippen molar-refractivity contribution in [3.63, 3.8) is 0 Å². The molecule has 1 saturated heterocycles. The molecule has 2 aromatic rings. The van der Waals surface area contributed by atoms with E-state index >= 15 is 0 Å². The molecule has 1 aromatic heterocycles.